The van der Waals surface area contributed by atoms with Crippen LogP contribution in [0.1, 0.15) is 157 Å². The van der Waals surface area contributed by atoms with Crippen LogP contribution in [0.4, 0.5) is 0 Å². The monoisotopic (exact) mass is 885 g/mol. The molecule has 10 rings (SSSR count). The Morgan fingerprint density at radius 2 is 0.569 bits per heavy atom. The first-order chi connectivity index (χ1) is 32.1. The summed E-state index contributed by atoms with van der Waals surface area (Å²) in [5.74, 6) is 5.01. The lowest BCUT2D eigenvalue weighted by molar-refractivity contribution is -0.106. The molecule has 0 radical (unpaired) electrons. The van der Waals surface area contributed by atoms with Crippen molar-refractivity contribution in [3.05, 3.63) is 119 Å². The number of benzene rings is 4. The van der Waals surface area contributed by atoms with E-state index in [9.17, 15) is 0 Å². The van der Waals surface area contributed by atoms with Gasteiger partial charge in [0.2, 0.25) is 0 Å². The Balaban J connectivity index is 0.826. The second-order valence-electron chi connectivity index (χ2n) is 20.0. The van der Waals surface area contributed by atoms with Crippen molar-refractivity contribution in [3.8, 4) is 23.0 Å². The van der Waals surface area contributed by atoms with Gasteiger partial charge in [-0.3, -0.25) is 0 Å². The molecule has 0 bridgehead atoms. The normalized spacial score (nSPS) is 31.1. The lowest BCUT2D eigenvalue weighted by atomic mass is 9.60. The molecule has 4 aromatic carbocycles. The fourth-order valence-electron chi connectivity index (χ4n) is 12.0. The van der Waals surface area contributed by atoms with E-state index >= 15 is 0 Å². The highest BCUT2D eigenvalue weighted by atomic mass is 16.7. The Morgan fingerprint density at radius 3 is 0.785 bits per heavy atom. The van der Waals surface area contributed by atoms with Crippen LogP contribution >= 0.6 is 0 Å². The van der Waals surface area contributed by atoms with Crippen LogP contribution in [0.2, 0.25) is 0 Å². The van der Waals surface area contributed by atoms with E-state index in [0.29, 0.717) is 0 Å². The van der Waals surface area contributed by atoms with E-state index < -0.39 is 0 Å². The minimum atomic E-state index is -0.145. The Morgan fingerprint density at radius 1 is 0.323 bits per heavy atom. The highest BCUT2D eigenvalue weighted by Crippen LogP contribution is 2.52. The Bertz CT molecular complexity index is 1750. The SMILES string of the molecule is c1cc(C2(c3ccc(OC4CCCCO4)cc3)CCC(CC3CCC(c4ccc(OC5CCCCO5)cc4)(c4ccc(OC5CCCCO5)cc4)CC3)CC2)ccc1OC1CCCCO1. The van der Waals surface area contributed by atoms with E-state index in [1.54, 1.807) is 0 Å². The number of ether oxygens (including phenoxy) is 8. The minimum absolute atomic E-state index is 0.0596. The van der Waals surface area contributed by atoms with Gasteiger partial charge in [0.15, 0.2) is 25.2 Å². The van der Waals surface area contributed by atoms with Crippen LogP contribution in [0, 0.1) is 11.8 Å². The Hall–Kier alpha value is -4.08. The third-order valence-electron chi connectivity index (χ3n) is 15.8. The molecular weight excluding hydrogens is 813 g/mol. The summed E-state index contributed by atoms with van der Waals surface area (Å²) in [5, 5.41) is 0. The molecule has 2 aliphatic carbocycles. The van der Waals surface area contributed by atoms with Crippen LogP contribution in [-0.2, 0) is 29.8 Å². The van der Waals surface area contributed by atoms with Gasteiger partial charge in [-0.1, -0.05) is 48.5 Å². The van der Waals surface area contributed by atoms with Gasteiger partial charge in [-0.25, -0.2) is 0 Å². The van der Waals surface area contributed by atoms with Crippen LogP contribution in [0.3, 0.4) is 0 Å². The maximum atomic E-state index is 6.29. The van der Waals surface area contributed by atoms with Crippen LogP contribution in [-0.4, -0.2) is 51.6 Å². The highest BCUT2D eigenvalue weighted by molar-refractivity contribution is 5.45. The first-order valence-electron chi connectivity index (χ1n) is 25.6. The van der Waals surface area contributed by atoms with Gasteiger partial charge in [-0.15, -0.1) is 0 Å². The van der Waals surface area contributed by atoms with Crippen LogP contribution in [0.5, 0.6) is 23.0 Å². The predicted octanol–water partition coefficient (Wildman–Crippen LogP) is 13.4. The average Bonchev–Trinajstić information content (AvgIpc) is 3.37. The third kappa shape index (κ3) is 10.9. The zero-order valence-electron chi connectivity index (χ0n) is 38.6. The fraction of sp³-hybridized carbons (Fsp3) is 0.579. The first kappa shape index (κ1) is 44.7. The summed E-state index contributed by atoms with van der Waals surface area (Å²) in [4.78, 5) is 0. The number of hydrogen-bond acceptors (Lipinski definition) is 8. The zero-order valence-corrected chi connectivity index (χ0v) is 38.6. The molecule has 4 unspecified atom stereocenters. The smallest absolute Gasteiger partial charge is 0.199 e. The van der Waals surface area contributed by atoms with E-state index in [1.807, 2.05) is 0 Å². The van der Waals surface area contributed by atoms with E-state index in [0.717, 1.165) is 164 Å². The van der Waals surface area contributed by atoms with Gasteiger partial charge < -0.3 is 37.9 Å². The molecule has 4 heterocycles. The molecule has 348 valence electrons. The summed E-state index contributed by atoms with van der Waals surface area (Å²) in [7, 11) is 0. The summed E-state index contributed by atoms with van der Waals surface area (Å²) in [5.41, 5.74) is 5.40. The maximum absolute atomic E-state index is 6.29. The van der Waals surface area contributed by atoms with Gasteiger partial charge in [0.05, 0.1) is 26.4 Å². The molecule has 8 heteroatoms. The van der Waals surface area contributed by atoms with Gasteiger partial charge in [0.1, 0.15) is 23.0 Å². The van der Waals surface area contributed by atoms with Gasteiger partial charge in [-0.2, -0.15) is 0 Å². The Labute approximate surface area is 388 Å². The first-order valence-corrected chi connectivity index (χ1v) is 25.6. The van der Waals surface area contributed by atoms with Crippen molar-refractivity contribution in [2.75, 3.05) is 26.4 Å². The molecule has 4 aliphatic heterocycles. The largest absolute Gasteiger partial charge is 0.465 e. The van der Waals surface area contributed by atoms with Crippen molar-refractivity contribution in [3.63, 3.8) is 0 Å². The van der Waals surface area contributed by atoms with Gasteiger partial charge in [0.25, 0.3) is 0 Å². The van der Waals surface area contributed by atoms with Crippen molar-refractivity contribution in [1.82, 2.24) is 0 Å². The van der Waals surface area contributed by atoms with Crippen LogP contribution < -0.4 is 18.9 Å². The molecule has 65 heavy (non-hydrogen) atoms. The summed E-state index contributed by atoms with van der Waals surface area (Å²) >= 11 is 0. The van der Waals surface area contributed by atoms with Gasteiger partial charge >= 0.3 is 0 Å². The molecule has 0 spiro atoms. The topological polar surface area (TPSA) is 73.8 Å². The maximum Gasteiger partial charge on any atom is 0.199 e. The van der Waals surface area contributed by atoms with Crippen molar-refractivity contribution in [1.29, 1.82) is 0 Å². The molecule has 4 saturated heterocycles. The highest BCUT2D eigenvalue weighted by Gasteiger charge is 2.42. The second-order valence-corrected chi connectivity index (χ2v) is 20.0. The molecule has 8 nitrogen and oxygen atoms in total. The second kappa shape index (κ2) is 21.3. The quantitative estimate of drug-likeness (QED) is 0.124. The molecule has 6 aliphatic rings. The molecule has 0 N–H and O–H groups in total. The van der Waals surface area contributed by atoms with Crippen molar-refractivity contribution in [2.45, 2.75) is 171 Å². The van der Waals surface area contributed by atoms with Crippen LogP contribution in [0.15, 0.2) is 97.1 Å². The molecule has 4 aromatic rings. The number of hydrogen-bond donors (Lipinski definition) is 0. The number of rotatable bonds is 14. The van der Waals surface area contributed by atoms with Crippen LogP contribution in [0.25, 0.3) is 0 Å². The van der Waals surface area contributed by atoms with Gasteiger partial charge in [0, 0.05) is 36.5 Å². The van der Waals surface area contributed by atoms with Crippen molar-refractivity contribution in [2.24, 2.45) is 11.8 Å². The van der Waals surface area contributed by atoms with E-state index in [2.05, 4.69) is 97.1 Å². The molecule has 2 saturated carbocycles. The molecule has 0 aromatic heterocycles. The fourth-order valence-corrected chi connectivity index (χ4v) is 12.0. The molecular formula is C57H72O8. The summed E-state index contributed by atoms with van der Waals surface area (Å²) in [6.45, 7) is 3.12. The lowest BCUT2D eigenvalue weighted by Crippen LogP contribution is -2.36. The summed E-state index contributed by atoms with van der Waals surface area (Å²) < 4.78 is 48.8. The molecule has 4 atom stereocenters. The van der Waals surface area contributed by atoms with E-state index in [-0.39, 0.29) is 36.0 Å². The summed E-state index contributed by atoms with van der Waals surface area (Å²) in [6, 6.07) is 36.0. The zero-order chi connectivity index (χ0) is 43.7. The van der Waals surface area contributed by atoms with E-state index in [1.165, 1.54) is 54.4 Å². The predicted molar refractivity (Wildman–Crippen MR) is 253 cm³/mol. The van der Waals surface area contributed by atoms with Crippen molar-refractivity contribution < 1.29 is 37.9 Å². The third-order valence-corrected chi connectivity index (χ3v) is 15.8. The molecule has 6 fully saturated rings. The molecule has 0 amide bonds. The van der Waals surface area contributed by atoms with E-state index in [4.69, 9.17) is 37.9 Å². The average molecular weight is 885 g/mol. The Kier molecular flexibility index (Phi) is 14.6. The van der Waals surface area contributed by atoms with Gasteiger partial charge in [-0.05, 0) is 192 Å². The van der Waals surface area contributed by atoms with Crippen molar-refractivity contribution >= 4 is 0 Å². The standard InChI is InChI=1S/C57H72O8/c1-5-37-58-52(9-1)62-48-21-13-44(14-22-48)56(45-15-23-49(24-16-45)63-53-10-2-6-38-59-53)33-29-42(30-34-56)41-43-31-35-57(36-32-43,46-17-25-50(26-18-46)64-54-11-3-7-39-60-54)47-19-27-51(28-20-47)65-55-12-4-8-40-61-55/h13-28,42-43,52-55H,1-12,29-41H2. The summed E-state index contributed by atoms with van der Waals surface area (Å²) in [6.07, 6.45) is 23.0. The minimum Gasteiger partial charge on any atom is -0.465 e. The lowest BCUT2D eigenvalue weighted by Gasteiger charge is -2.44.